The molecule has 0 aliphatic carbocycles. The molecule has 0 fully saturated rings. The summed E-state index contributed by atoms with van der Waals surface area (Å²) in [5.41, 5.74) is 7.63. The first-order chi connectivity index (χ1) is 7.61. The molecule has 16 heavy (non-hydrogen) atoms. The van der Waals surface area contributed by atoms with Gasteiger partial charge in [-0.3, -0.25) is 4.79 Å². The summed E-state index contributed by atoms with van der Waals surface area (Å²) in [7, 11) is 0. The first-order valence-electron chi connectivity index (χ1n) is 5.65. The van der Waals surface area contributed by atoms with E-state index < -0.39 is 6.04 Å². The molecule has 2 N–H and O–H groups in total. The lowest BCUT2D eigenvalue weighted by molar-refractivity contribution is 0.0937. The highest BCUT2D eigenvalue weighted by Gasteiger charge is 2.25. The summed E-state index contributed by atoms with van der Waals surface area (Å²) in [6, 6.07) is 5.25. The predicted molar refractivity (Wildman–Crippen MR) is 62.8 cm³/mol. The van der Waals surface area contributed by atoms with Crippen LogP contribution < -0.4 is 10.5 Å². The van der Waals surface area contributed by atoms with Crippen molar-refractivity contribution < 1.29 is 9.53 Å². The number of benzene rings is 1. The fourth-order valence-corrected chi connectivity index (χ4v) is 1.89. The van der Waals surface area contributed by atoms with Crippen molar-refractivity contribution in [1.29, 1.82) is 0 Å². The van der Waals surface area contributed by atoms with E-state index >= 15 is 0 Å². The topological polar surface area (TPSA) is 52.3 Å². The number of Topliss-reactive ketones (excluding diaryl/α,β-unsaturated/α-hetero) is 1. The van der Waals surface area contributed by atoms with Crippen molar-refractivity contribution >= 4 is 5.78 Å². The second kappa shape index (κ2) is 4.26. The molecule has 1 aliphatic heterocycles. The highest BCUT2D eigenvalue weighted by Crippen LogP contribution is 2.30. The molecule has 1 aliphatic rings. The van der Waals surface area contributed by atoms with Crippen molar-refractivity contribution in [3.63, 3.8) is 0 Å². The van der Waals surface area contributed by atoms with Gasteiger partial charge in [-0.15, -0.1) is 0 Å². The molecule has 1 atom stereocenters. The molecule has 3 heteroatoms. The third-order valence-electron chi connectivity index (χ3n) is 3.00. The Morgan fingerprint density at radius 2 is 2.19 bits per heavy atom. The number of para-hydroxylation sites is 1. The van der Waals surface area contributed by atoms with Crippen LogP contribution >= 0.6 is 0 Å². The Kier molecular flexibility index (Phi) is 2.97. The van der Waals surface area contributed by atoms with Gasteiger partial charge in [0.05, 0.1) is 18.2 Å². The lowest BCUT2D eigenvalue weighted by Crippen LogP contribution is -2.35. The van der Waals surface area contributed by atoms with Crippen LogP contribution in [0.25, 0.3) is 0 Å². The molecule has 0 radical (unpaired) electrons. The molecule has 0 bridgehead atoms. The number of ether oxygens (including phenoxy) is 1. The van der Waals surface area contributed by atoms with Crippen molar-refractivity contribution in [3.05, 3.63) is 29.3 Å². The molecule has 1 aromatic rings. The molecular weight excluding hydrogens is 202 g/mol. The van der Waals surface area contributed by atoms with Gasteiger partial charge in [-0.05, 0) is 17.5 Å². The zero-order chi connectivity index (χ0) is 11.7. The van der Waals surface area contributed by atoms with Gasteiger partial charge in [-0.25, -0.2) is 0 Å². The molecule has 1 aromatic carbocycles. The smallest absolute Gasteiger partial charge is 0.183 e. The zero-order valence-electron chi connectivity index (χ0n) is 9.69. The molecule has 86 valence electrons. The molecule has 1 heterocycles. The van der Waals surface area contributed by atoms with Crippen LogP contribution in [0.1, 0.15) is 29.8 Å². The monoisotopic (exact) mass is 219 g/mol. The number of nitrogens with two attached hydrogens (primary N) is 1. The van der Waals surface area contributed by atoms with Gasteiger partial charge in [0.1, 0.15) is 5.75 Å². The molecule has 0 aromatic heterocycles. The third-order valence-corrected chi connectivity index (χ3v) is 3.00. The second-order valence-electron chi connectivity index (χ2n) is 4.53. The van der Waals surface area contributed by atoms with E-state index in [4.69, 9.17) is 10.5 Å². The van der Waals surface area contributed by atoms with Crippen LogP contribution in [0.5, 0.6) is 5.75 Å². The highest BCUT2D eigenvalue weighted by molar-refractivity contribution is 6.02. The normalized spacial score (nSPS) is 15.8. The summed E-state index contributed by atoms with van der Waals surface area (Å²) in [6.07, 6.45) is 0.882. The second-order valence-corrected chi connectivity index (χ2v) is 4.53. The number of hydrogen-bond acceptors (Lipinski definition) is 3. The minimum absolute atomic E-state index is 0.0197. The van der Waals surface area contributed by atoms with Gasteiger partial charge in [0.2, 0.25) is 0 Å². The lowest BCUT2D eigenvalue weighted by atomic mass is 9.94. The fraction of sp³-hybridized carbons (Fsp3) is 0.462. The van der Waals surface area contributed by atoms with E-state index in [0.29, 0.717) is 12.2 Å². The van der Waals surface area contributed by atoms with Gasteiger partial charge in [0.15, 0.2) is 5.78 Å². The maximum absolute atomic E-state index is 12.1. The summed E-state index contributed by atoms with van der Waals surface area (Å²) >= 11 is 0. The van der Waals surface area contributed by atoms with Gasteiger partial charge in [0.25, 0.3) is 0 Å². The van der Waals surface area contributed by atoms with E-state index in [1.54, 1.807) is 6.07 Å². The number of fused-ring (bicyclic) bond motifs is 1. The van der Waals surface area contributed by atoms with Crippen LogP contribution in [-0.2, 0) is 6.42 Å². The number of rotatable bonds is 3. The quantitative estimate of drug-likeness (QED) is 0.788. The molecule has 0 amide bonds. The van der Waals surface area contributed by atoms with Crippen LogP contribution in [0.4, 0.5) is 0 Å². The molecule has 1 unspecified atom stereocenters. The number of ketones is 1. The van der Waals surface area contributed by atoms with Crippen molar-refractivity contribution in [2.75, 3.05) is 6.61 Å². The Bertz CT molecular complexity index is 412. The Balaban J connectivity index is 2.34. The number of carbonyl (C=O) groups is 1. The fourth-order valence-electron chi connectivity index (χ4n) is 1.89. The van der Waals surface area contributed by atoms with Crippen LogP contribution in [0.3, 0.4) is 0 Å². The summed E-state index contributed by atoms with van der Waals surface area (Å²) in [5.74, 6) is 0.863. The zero-order valence-corrected chi connectivity index (χ0v) is 9.69. The molecule has 2 rings (SSSR count). The molecule has 0 saturated heterocycles. The van der Waals surface area contributed by atoms with Crippen molar-refractivity contribution in [3.8, 4) is 5.75 Å². The molecule has 0 saturated carbocycles. The highest BCUT2D eigenvalue weighted by atomic mass is 16.5. The third kappa shape index (κ3) is 1.83. The average Bonchev–Trinajstić information content (AvgIpc) is 2.74. The largest absolute Gasteiger partial charge is 0.492 e. The summed E-state index contributed by atoms with van der Waals surface area (Å²) in [6.45, 7) is 4.57. The first kappa shape index (κ1) is 11.1. The SMILES string of the molecule is CC(C)C(N)C(=O)c1cccc2c1OCC2. The maximum Gasteiger partial charge on any atom is 0.183 e. The van der Waals surface area contributed by atoms with E-state index in [2.05, 4.69) is 0 Å². The summed E-state index contributed by atoms with van der Waals surface area (Å²) < 4.78 is 5.50. The van der Waals surface area contributed by atoms with Crippen LogP contribution in [-0.4, -0.2) is 18.4 Å². The van der Waals surface area contributed by atoms with Crippen LogP contribution in [0, 0.1) is 5.92 Å². The molecular formula is C13H17NO2. The van der Waals surface area contributed by atoms with Crippen molar-refractivity contribution in [2.45, 2.75) is 26.3 Å². The van der Waals surface area contributed by atoms with Crippen LogP contribution in [0.15, 0.2) is 18.2 Å². The minimum atomic E-state index is -0.448. The van der Waals surface area contributed by atoms with Gasteiger partial charge in [0, 0.05) is 6.42 Å². The van der Waals surface area contributed by atoms with E-state index in [1.807, 2.05) is 26.0 Å². The average molecular weight is 219 g/mol. The maximum atomic E-state index is 12.1. The standard InChI is InChI=1S/C13H17NO2/c1-8(2)11(14)12(15)10-5-3-4-9-6-7-16-13(9)10/h3-5,8,11H,6-7,14H2,1-2H3. The summed E-state index contributed by atoms with van der Waals surface area (Å²) in [5, 5.41) is 0. The van der Waals surface area contributed by atoms with Crippen molar-refractivity contribution in [2.24, 2.45) is 11.7 Å². The van der Waals surface area contributed by atoms with Gasteiger partial charge < -0.3 is 10.5 Å². The van der Waals surface area contributed by atoms with Gasteiger partial charge in [-0.2, -0.15) is 0 Å². The Morgan fingerprint density at radius 3 is 2.88 bits per heavy atom. The number of carbonyl (C=O) groups excluding carboxylic acids is 1. The lowest BCUT2D eigenvalue weighted by Gasteiger charge is -2.15. The Hall–Kier alpha value is -1.35. The van der Waals surface area contributed by atoms with Gasteiger partial charge in [-0.1, -0.05) is 26.0 Å². The van der Waals surface area contributed by atoms with Gasteiger partial charge >= 0.3 is 0 Å². The predicted octanol–water partition coefficient (Wildman–Crippen LogP) is 1.79. The minimum Gasteiger partial charge on any atom is -0.492 e. The Morgan fingerprint density at radius 1 is 1.44 bits per heavy atom. The first-order valence-corrected chi connectivity index (χ1v) is 5.65. The van der Waals surface area contributed by atoms with E-state index in [9.17, 15) is 4.79 Å². The van der Waals surface area contributed by atoms with E-state index in [-0.39, 0.29) is 11.7 Å². The van der Waals surface area contributed by atoms with Crippen LogP contribution in [0.2, 0.25) is 0 Å². The molecule has 0 spiro atoms. The summed E-state index contributed by atoms with van der Waals surface area (Å²) in [4.78, 5) is 12.1. The Labute approximate surface area is 95.6 Å². The van der Waals surface area contributed by atoms with E-state index in [0.717, 1.165) is 17.7 Å². The molecule has 3 nitrogen and oxygen atoms in total. The van der Waals surface area contributed by atoms with Crippen molar-refractivity contribution in [1.82, 2.24) is 0 Å². The number of hydrogen-bond donors (Lipinski definition) is 1. The van der Waals surface area contributed by atoms with E-state index in [1.165, 1.54) is 0 Å².